The van der Waals surface area contributed by atoms with Crippen molar-refractivity contribution in [3.8, 4) is 11.4 Å². The first kappa shape index (κ1) is 10.9. The van der Waals surface area contributed by atoms with E-state index in [1.165, 1.54) is 5.56 Å². The molecular formula is C14H16N4+2. The molecule has 0 spiro atoms. The maximum atomic E-state index is 4.64. The fourth-order valence-corrected chi connectivity index (χ4v) is 2.10. The van der Waals surface area contributed by atoms with Crippen LogP contribution >= 0.6 is 0 Å². The number of rotatable bonds is 1. The van der Waals surface area contributed by atoms with Crippen molar-refractivity contribution in [1.29, 1.82) is 0 Å². The van der Waals surface area contributed by atoms with Gasteiger partial charge in [-0.15, -0.1) is 0 Å². The Morgan fingerprint density at radius 2 is 1.78 bits per heavy atom. The van der Waals surface area contributed by atoms with Gasteiger partial charge in [0.2, 0.25) is 0 Å². The lowest BCUT2D eigenvalue weighted by Gasteiger charge is -1.98. The third-order valence-electron chi connectivity index (χ3n) is 3.13. The third-order valence-corrected chi connectivity index (χ3v) is 3.13. The first-order valence-corrected chi connectivity index (χ1v) is 5.95. The molecular weight excluding hydrogens is 224 g/mol. The van der Waals surface area contributed by atoms with Crippen LogP contribution in [0.25, 0.3) is 22.4 Å². The van der Waals surface area contributed by atoms with E-state index in [1.807, 2.05) is 47.9 Å². The van der Waals surface area contributed by atoms with E-state index in [2.05, 4.69) is 29.2 Å². The molecule has 4 nitrogen and oxygen atoms in total. The first-order valence-electron chi connectivity index (χ1n) is 5.95. The molecule has 0 fully saturated rings. The highest BCUT2D eigenvalue weighted by Crippen LogP contribution is 2.21. The molecule has 3 heterocycles. The predicted molar refractivity (Wildman–Crippen MR) is 68.6 cm³/mol. The zero-order chi connectivity index (χ0) is 12.7. The van der Waals surface area contributed by atoms with E-state index in [0.29, 0.717) is 0 Å². The number of hydrogen-bond acceptors (Lipinski definition) is 1. The van der Waals surface area contributed by atoms with Crippen molar-refractivity contribution in [2.75, 3.05) is 0 Å². The van der Waals surface area contributed by atoms with E-state index >= 15 is 0 Å². The predicted octanol–water partition coefficient (Wildman–Crippen LogP) is 1.19. The number of fused-ring (bicyclic) bond motifs is 1. The van der Waals surface area contributed by atoms with Gasteiger partial charge in [0, 0.05) is 12.1 Å². The Morgan fingerprint density at radius 3 is 2.61 bits per heavy atom. The molecule has 0 unspecified atom stereocenters. The smallest absolute Gasteiger partial charge is 0.194 e. The van der Waals surface area contributed by atoms with E-state index in [4.69, 9.17) is 0 Å². The Morgan fingerprint density at radius 1 is 1.06 bits per heavy atom. The van der Waals surface area contributed by atoms with E-state index in [-0.39, 0.29) is 0 Å². The molecule has 3 aromatic heterocycles. The van der Waals surface area contributed by atoms with E-state index in [9.17, 15) is 0 Å². The summed E-state index contributed by atoms with van der Waals surface area (Å²) in [5.41, 5.74) is 4.41. The van der Waals surface area contributed by atoms with Crippen LogP contribution in [0.4, 0.5) is 0 Å². The van der Waals surface area contributed by atoms with Crippen LogP contribution in [-0.2, 0) is 14.1 Å². The third kappa shape index (κ3) is 1.76. The molecule has 4 heteroatoms. The van der Waals surface area contributed by atoms with Crippen LogP contribution in [0.15, 0.2) is 36.9 Å². The number of aromatic amines is 1. The molecule has 0 saturated heterocycles. The second-order valence-electron chi connectivity index (χ2n) is 4.70. The number of nitrogens with one attached hydrogen (secondary N) is 1. The molecule has 18 heavy (non-hydrogen) atoms. The number of aromatic nitrogens is 4. The summed E-state index contributed by atoms with van der Waals surface area (Å²) in [6.07, 6.45) is 8.18. The van der Waals surface area contributed by atoms with Crippen molar-refractivity contribution in [1.82, 2.24) is 9.97 Å². The van der Waals surface area contributed by atoms with Crippen molar-refractivity contribution in [2.24, 2.45) is 14.1 Å². The number of hydrogen-bond donors (Lipinski definition) is 1. The molecule has 90 valence electrons. The standard InChI is InChI=1S/C14H15N4/c1-10-4-6-17(2)8-11(10)14-15-12-5-7-18(3)9-13(12)16-14/h4-9H,1-3H3/q+1/p+1. The highest BCUT2D eigenvalue weighted by Gasteiger charge is 2.12. The molecule has 0 radical (unpaired) electrons. The quantitative estimate of drug-likeness (QED) is 0.637. The first-order chi connectivity index (χ1) is 8.63. The topological polar surface area (TPSA) is 36.4 Å². The molecule has 0 saturated carbocycles. The van der Waals surface area contributed by atoms with Gasteiger partial charge < -0.3 is 4.98 Å². The van der Waals surface area contributed by atoms with Crippen molar-refractivity contribution < 1.29 is 9.13 Å². The van der Waals surface area contributed by atoms with Crippen LogP contribution in [0.3, 0.4) is 0 Å². The normalized spacial score (nSPS) is 11.1. The van der Waals surface area contributed by atoms with Crippen molar-refractivity contribution >= 4 is 11.0 Å². The van der Waals surface area contributed by atoms with Gasteiger partial charge in [-0.2, -0.15) is 0 Å². The number of aryl methyl sites for hydroxylation is 3. The minimum atomic E-state index is 0.921. The molecule has 1 N–H and O–H groups in total. The Kier molecular flexibility index (Phi) is 2.37. The molecule has 0 atom stereocenters. The van der Waals surface area contributed by atoms with E-state index < -0.39 is 0 Å². The van der Waals surface area contributed by atoms with Gasteiger partial charge in [0.1, 0.15) is 31.0 Å². The van der Waals surface area contributed by atoms with Crippen molar-refractivity contribution in [2.45, 2.75) is 6.92 Å². The Labute approximate surface area is 106 Å². The summed E-state index contributed by atoms with van der Waals surface area (Å²) >= 11 is 0. The summed E-state index contributed by atoms with van der Waals surface area (Å²) < 4.78 is 4.05. The van der Waals surface area contributed by atoms with E-state index in [1.54, 1.807) is 0 Å². The van der Waals surface area contributed by atoms with Gasteiger partial charge in [-0.25, -0.2) is 14.1 Å². The summed E-state index contributed by atoms with van der Waals surface area (Å²) in [7, 11) is 4.03. The maximum absolute atomic E-state index is 4.64. The van der Waals surface area contributed by atoms with Gasteiger partial charge >= 0.3 is 0 Å². The van der Waals surface area contributed by atoms with Gasteiger partial charge in [-0.1, -0.05) is 0 Å². The Hall–Kier alpha value is -2.23. The number of pyridine rings is 2. The summed E-state index contributed by atoms with van der Waals surface area (Å²) in [6.45, 7) is 2.10. The fourth-order valence-electron chi connectivity index (χ4n) is 2.10. The largest absolute Gasteiger partial charge is 0.333 e. The minimum absolute atomic E-state index is 0.921. The number of H-pyrrole nitrogens is 1. The number of nitrogens with zero attached hydrogens (tertiary/aromatic N) is 3. The summed E-state index contributed by atoms with van der Waals surface area (Å²) in [6, 6.07) is 4.12. The van der Waals surface area contributed by atoms with Gasteiger partial charge in [0.25, 0.3) is 0 Å². The molecule has 0 bridgehead atoms. The lowest BCUT2D eigenvalue weighted by molar-refractivity contribution is -0.671. The minimum Gasteiger partial charge on any atom is -0.333 e. The van der Waals surface area contributed by atoms with Gasteiger partial charge in [-0.3, -0.25) is 0 Å². The van der Waals surface area contributed by atoms with Crippen LogP contribution in [0.1, 0.15) is 5.56 Å². The van der Waals surface area contributed by atoms with E-state index in [0.717, 1.165) is 22.4 Å². The molecule has 0 aliphatic heterocycles. The lowest BCUT2D eigenvalue weighted by atomic mass is 10.1. The molecule has 0 amide bonds. The fraction of sp³-hybridized carbons (Fsp3) is 0.214. The molecule has 3 rings (SSSR count). The SMILES string of the molecule is Cc1cc[n+](C)cc1-c1nc2cc[n+](C)cc2[nH]1. The Bertz CT molecular complexity index is 728. The average molecular weight is 240 g/mol. The van der Waals surface area contributed by atoms with Crippen molar-refractivity contribution in [3.05, 3.63) is 42.5 Å². The zero-order valence-electron chi connectivity index (χ0n) is 10.8. The lowest BCUT2D eigenvalue weighted by Crippen LogP contribution is -2.26. The van der Waals surface area contributed by atoms with Gasteiger partial charge in [0.15, 0.2) is 24.8 Å². The van der Waals surface area contributed by atoms with Crippen LogP contribution in [-0.4, -0.2) is 9.97 Å². The highest BCUT2D eigenvalue weighted by molar-refractivity contribution is 5.77. The van der Waals surface area contributed by atoms with Gasteiger partial charge in [0.05, 0.1) is 5.56 Å². The monoisotopic (exact) mass is 240 g/mol. The second kappa shape index (κ2) is 3.91. The molecule has 0 aliphatic rings. The molecule has 3 aromatic rings. The van der Waals surface area contributed by atoms with Crippen LogP contribution < -0.4 is 9.13 Å². The van der Waals surface area contributed by atoms with Crippen LogP contribution in [0.2, 0.25) is 0 Å². The average Bonchev–Trinajstić information content (AvgIpc) is 2.74. The summed E-state index contributed by atoms with van der Waals surface area (Å²) in [5, 5.41) is 0. The van der Waals surface area contributed by atoms with Gasteiger partial charge in [-0.05, 0) is 12.5 Å². The van der Waals surface area contributed by atoms with Crippen LogP contribution in [0, 0.1) is 6.92 Å². The number of imidazole rings is 1. The Balaban J connectivity index is 2.22. The summed E-state index contributed by atoms with van der Waals surface area (Å²) in [4.78, 5) is 8.02. The summed E-state index contributed by atoms with van der Waals surface area (Å²) in [5.74, 6) is 0.921. The maximum Gasteiger partial charge on any atom is 0.194 e. The molecule has 0 aromatic carbocycles. The second-order valence-corrected chi connectivity index (χ2v) is 4.70. The zero-order valence-corrected chi connectivity index (χ0v) is 10.8. The molecule has 0 aliphatic carbocycles. The van der Waals surface area contributed by atoms with Crippen LogP contribution in [0.5, 0.6) is 0 Å². The van der Waals surface area contributed by atoms with Crippen molar-refractivity contribution in [3.63, 3.8) is 0 Å². The highest BCUT2D eigenvalue weighted by atomic mass is 15.0.